The number of piperidine rings is 1. The van der Waals surface area contributed by atoms with Gasteiger partial charge in [-0.05, 0) is 42.9 Å². The first kappa shape index (κ1) is 15.9. The van der Waals surface area contributed by atoms with E-state index in [1.165, 1.54) is 12.1 Å². The van der Waals surface area contributed by atoms with Crippen molar-refractivity contribution < 1.29 is 24.2 Å². The maximum absolute atomic E-state index is 12.9. The summed E-state index contributed by atoms with van der Waals surface area (Å²) in [7, 11) is 0. The number of carbonyl (C=O) groups is 2. The summed E-state index contributed by atoms with van der Waals surface area (Å²) in [6.45, 7) is 1.06. The summed E-state index contributed by atoms with van der Waals surface area (Å²) in [5, 5.41) is 19.3. The molecule has 5 nitrogen and oxygen atoms in total. The van der Waals surface area contributed by atoms with Gasteiger partial charge < -0.3 is 15.1 Å². The summed E-state index contributed by atoms with van der Waals surface area (Å²) < 4.78 is 12.9. The van der Waals surface area contributed by atoms with E-state index in [4.69, 9.17) is 5.11 Å². The van der Waals surface area contributed by atoms with Crippen LogP contribution < -0.4 is 0 Å². The van der Waals surface area contributed by atoms with Crippen LogP contribution >= 0.6 is 0 Å². The molecule has 0 radical (unpaired) electrons. The van der Waals surface area contributed by atoms with Crippen LogP contribution in [0.25, 0.3) is 0 Å². The molecular formula is C17H20FNO4. The number of nitrogens with zero attached hydrogens (tertiary/aromatic N) is 1. The van der Waals surface area contributed by atoms with E-state index in [0.717, 1.165) is 0 Å². The van der Waals surface area contributed by atoms with Crippen molar-refractivity contribution >= 4 is 11.9 Å². The number of halogens is 1. The topological polar surface area (TPSA) is 77.8 Å². The minimum absolute atomic E-state index is 0.0268. The third kappa shape index (κ3) is 3.37. The molecule has 0 aromatic heterocycles. The number of rotatable bonds is 4. The molecule has 1 aromatic carbocycles. The van der Waals surface area contributed by atoms with Gasteiger partial charge in [0.05, 0.1) is 17.9 Å². The quantitative estimate of drug-likeness (QED) is 0.887. The number of carbonyl (C=O) groups excluding carboxylic acids is 1. The van der Waals surface area contributed by atoms with Gasteiger partial charge in [-0.1, -0.05) is 12.1 Å². The van der Waals surface area contributed by atoms with E-state index in [0.29, 0.717) is 37.9 Å². The highest BCUT2D eigenvalue weighted by molar-refractivity contribution is 5.89. The number of likely N-dealkylation sites (tertiary alicyclic amines) is 1. The monoisotopic (exact) mass is 321 g/mol. The van der Waals surface area contributed by atoms with Crippen molar-refractivity contribution in [3.8, 4) is 0 Å². The molecule has 3 atom stereocenters. The Bertz CT molecular complexity index is 595. The third-order valence-electron chi connectivity index (χ3n) is 4.93. The van der Waals surface area contributed by atoms with Crippen molar-refractivity contribution in [3.63, 3.8) is 0 Å². The molecule has 2 fully saturated rings. The number of hydrogen-bond acceptors (Lipinski definition) is 3. The first-order valence-electron chi connectivity index (χ1n) is 7.92. The van der Waals surface area contributed by atoms with E-state index in [1.54, 1.807) is 17.0 Å². The largest absolute Gasteiger partial charge is 0.481 e. The number of hydrogen-bond donors (Lipinski definition) is 2. The van der Waals surface area contributed by atoms with E-state index in [2.05, 4.69) is 0 Å². The van der Waals surface area contributed by atoms with Crippen LogP contribution in [0.1, 0.15) is 30.9 Å². The van der Waals surface area contributed by atoms with Gasteiger partial charge in [0, 0.05) is 13.1 Å². The lowest BCUT2D eigenvalue weighted by Gasteiger charge is -2.34. The Hall–Kier alpha value is -1.95. The number of aliphatic hydroxyl groups excluding tert-OH is 1. The number of aliphatic carboxylic acids is 1. The molecule has 1 aliphatic heterocycles. The Kier molecular flexibility index (Phi) is 4.35. The molecule has 3 rings (SSSR count). The van der Waals surface area contributed by atoms with Gasteiger partial charge in [0.2, 0.25) is 5.91 Å². The molecule has 124 valence electrons. The highest BCUT2D eigenvalue weighted by Gasteiger charge is 2.50. The van der Waals surface area contributed by atoms with Crippen LogP contribution in [-0.4, -0.2) is 40.1 Å². The van der Waals surface area contributed by atoms with Crippen molar-refractivity contribution in [1.29, 1.82) is 0 Å². The number of carboxylic acids is 1. The predicted octanol–water partition coefficient (Wildman–Crippen LogP) is 1.82. The van der Waals surface area contributed by atoms with Gasteiger partial charge in [0.15, 0.2) is 0 Å². The van der Waals surface area contributed by atoms with E-state index >= 15 is 0 Å². The SMILES string of the molecule is O=C(O)[C@@H]1C[C@@H]1C(=O)N1CCC([C@@H](O)c2ccc(F)cc2)CC1. The Labute approximate surface area is 133 Å². The van der Waals surface area contributed by atoms with Gasteiger partial charge in [-0.3, -0.25) is 9.59 Å². The maximum atomic E-state index is 12.9. The van der Waals surface area contributed by atoms with Crippen LogP contribution in [0.4, 0.5) is 4.39 Å². The van der Waals surface area contributed by atoms with Crippen LogP contribution in [0.15, 0.2) is 24.3 Å². The summed E-state index contributed by atoms with van der Waals surface area (Å²) in [5.41, 5.74) is 0.685. The van der Waals surface area contributed by atoms with Crippen molar-refractivity contribution in [1.82, 2.24) is 4.90 Å². The molecule has 1 aliphatic carbocycles. The van der Waals surface area contributed by atoms with Gasteiger partial charge in [-0.25, -0.2) is 4.39 Å². The van der Waals surface area contributed by atoms with Crippen molar-refractivity contribution in [2.45, 2.75) is 25.4 Å². The van der Waals surface area contributed by atoms with Crippen LogP contribution in [-0.2, 0) is 9.59 Å². The summed E-state index contributed by atoms with van der Waals surface area (Å²) in [5.74, 6) is -2.18. The Morgan fingerprint density at radius 2 is 1.74 bits per heavy atom. The van der Waals surface area contributed by atoms with E-state index in [1.807, 2.05) is 0 Å². The zero-order chi connectivity index (χ0) is 16.6. The highest BCUT2D eigenvalue weighted by Crippen LogP contribution is 2.41. The normalized spacial score (nSPS) is 25.9. The zero-order valence-electron chi connectivity index (χ0n) is 12.7. The minimum atomic E-state index is -0.898. The molecule has 0 unspecified atom stereocenters. The standard InChI is InChI=1S/C17H20FNO4/c18-12-3-1-10(2-4-12)15(20)11-5-7-19(8-6-11)16(21)13-9-14(13)17(22)23/h1-4,11,13-15,20H,5-9H2,(H,22,23)/t13-,14+,15-/m0/s1. The highest BCUT2D eigenvalue weighted by atomic mass is 19.1. The van der Waals surface area contributed by atoms with E-state index in [-0.39, 0.29) is 23.6 Å². The fourth-order valence-electron chi connectivity index (χ4n) is 3.34. The molecule has 2 N–H and O–H groups in total. The molecule has 6 heteroatoms. The molecule has 0 spiro atoms. The fourth-order valence-corrected chi connectivity index (χ4v) is 3.34. The minimum Gasteiger partial charge on any atom is -0.481 e. The molecule has 1 saturated heterocycles. The first-order valence-corrected chi connectivity index (χ1v) is 7.92. The fraction of sp³-hybridized carbons (Fsp3) is 0.529. The van der Waals surface area contributed by atoms with Crippen LogP contribution in [0.5, 0.6) is 0 Å². The van der Waals surface area contributed by atoms with E-state index in [9.17, 15) is 19.1 Å². The molecule has 0 bridgehead atoms. The summed E-state index contributed by atoms with van der Waals surface area (Å²) >= 11 is 0. The lowest BCUT2D eigenvalue weighted by atomic mass is 9.87. The average molecular weight is 321 g/mol. The predicted molar refractivity (Wildman–Crippen MR) is 79.9 cm³/mol. The number of carboxylic acid groups (broad SMARTS) is 1. The number of amides is 1. The second-order valence-corrected chi connectivity index (χ2v) is 6.45. The van der Waals surface area contributed by atoms with Crippen LogP contribution in [0, 0.1) is 23.6 Å². The van der Waals surface area contributed by atoms with Crippen LogP contribution in [0.3, 0.4) is 0 Å². The first-order chi connectivity index (χ1) is 11.0. The molecule has 1 heterocycles. The molecule has 1 aromatic rings. The van der Waals surface area contributed by atoms with Crippen LogP contribution in [0.2, 0.25) is 0 Å². The van der Waals surface area contributed by atoms with Crippen molar-refractivity contribution in [3.05, 3.63) is 35.6 Å². The lowest BCUT2D eigenvalue weighted by molar-refractivity contribution is -0.142. The molecule has 1 amide bonds. The number of aliphatic hydroxyl groups is 1. The average Bonchev–Trinajstić information content (AvgIpc) is 3.35. The molecular weight excluding hydrogens is 301 g/mol. The molecule has 1 saturated carbocycles. The van der Waals surface area contributed by atoms with Gasteiger partial charge in [-0.2, -0.15) is 0 Å². The second kappa shape index (κ2) is 6.28. The van der Waals surface area contributed by atoms with Crippen molar-refractivity contribution in [2.75, 3.05) is 13.1 Å². The summed E-state index contributed by atoms with van der Waals surface area (Å²) in [4.78, 5) is 24.8. The van der Waals surface area contributed by atoms with Gasteiger partial charge in [-0.15, -0.1) is 0 Å². The third-order valence-corrected chi connectivity index (χ3v) is 4.93. The number of benzene rings is 1. The van der Waals surface area contributed by atoms with Gasteiger partial charge in [0.25, 0.3) is 0 Å². The maximum Gasteiger partial charge on any atom is 0.307 e. The van der Waals surface area contributed by atoms with Gasteiger partial charge in [0.1, 0.15) is 5.82 Å². The second-order valence-electron chi connectivity index (χ2n) is 6.45. The summed E-state index contributed by atoms with van der Waals surface area (Å²) in [6, 6.07) is 5.82. The molecule has 2 aliphatic rings. The smallest absolute Gasteiger partial charge is 0.307 e. The zero-order valence-corrected chi connectivity index (χ0v) is 12.7. The van der Waals surface area contributed by atoms with E-state index < -0.39 is 18.0 Å². The Balaban J connectivity index is 1.53. The van der Waals surface area contributed by atoms with Crippen molar-refractivity contribution in [2.24, 2.45) is 17.8 Å². The lowest BCUT2D eigenvalue weighted by Crippen LogP contribution is -2.41. The molecule has 23 heavy (non-hydrogen) atoms. The van der Waals surface area contributed by atoms with Gasteiger partial charge >= 0.3 is 5.97 Å². The Morgan fingerprint density at radius 3 is 2.26 bits per heavy atom. The Morgan fingerprint density at radius 1 is 1.13 bits per heavy atom. The summed E-state index contributed by atoms with van der Waals surface area (Å²) in [6.07, 6.45) is 1.09.